The van der Waals surface area contributed by atoms with E-state index in [1.54, 1.807) is 13.8 Å². The Labute approximate surface area is 120 Å². The number of phenols is 1. The number of hydrogen-bond acceptors (Lipinski definition) is 3. The van der Waals surface area contributed by atoms with Crippen molar-refractivity contribution in [2.75, 3.05) is 0 Å². The van der Waals surface area contributed by atoms with E-state index in [0.29, 0.717) is 15.6 Å². The van der Waals surface area contributed by atoms with Crippen LogP contribution in [0.15, 0.2) is 18.2 Å². The van der Waals surface area contributed by atoms with Crippen molar-refractivity contribution in [3.05, 3.63) is 27.3 Å². The Morgan fingerprint density at radius 3 is 2.50 bits per heavy atom. The standard InChI is InChI=1S/C13H16INO3/c1-4-13(2,3)12(18)15-11(17)9-6-5-8(16)7-10(9)14/h5-7,16H,4H2,1-3H3,(H,15,17,18). The number of nitrogens with one attached hydrogen (secondary N) is 1. The largest absolute Gasteiger partial charge is 0.508 e. The van der Waals surface area contributed by atoms with E-state index in [1.165, 1.54) is 18.2 Å². The highest BCUT2D eigenvalue weighted by Gasteiger charge is 2.27. The van der Waals surface area contributed by atoms with Crippen molar-refractivity contribution in [2.24, 2.45) is 5.41 Å². The normalized spacial score (nSPS) is 11.1. The van der Waals surface area contributed by atoms with Gasteiger partial charge >= 0.3 is 0 Å². The van der Waals surface area contributed by atoms with E-state index in [2.05, 4.69) is 5.32 Å². The lowest BCUT2D eigenvalue weighted by molar-refractivity contribution is -0.128. The molecule has 18 heavy (non-hydrogen) atoms. The Kier molecular flexibility index (Phi) is 4.72. The maximum atomic E-state index is 11.9. The molecule has 98 valence electrons. The summed E-state index contributed by atoms with van der Waals surface area (Å²) in [5.41, 5.74) is -0.188. The van der Waals surface area contributed by atoms with Crippen LogP contribution >= 0.6 is 22.6 Å². The molecule has 0 aliphatic heterocycles. The van der Waals surface area contributed by atoms with Gasteiger partial charge in [0, 0.05) is 8.99 Å². The fraction of sp³-hybridized carbons (Fsp3) is 0.385. The minimum Gasteiger partial charge on any atom is -0.508 e. The number of amides is 2. The molecule has 2 amide bonds. The summed E-state index contributed by atoms with van der Waals surface area (Å²) >= 11 is 1.95. The zero-order valence-corrected chi connectivity index (χ0v) is 12.7. The molecular formula is C13H16INO3. The van der Waals surface area contributed by atoms with Crippen LogP contribution in [0.1, 0.15) is 37.6 Å². The summed E-state index contributed by atoms with van der Waals surface area (Å²) in [6, 6.07) is 4.40. The maximum Gasteiger partial charge on any atom is 0.258 e. The summed E-state index contributed by atoms with van der Waals surface area (Å²) in [5, 5.41) is 11.6. The summed E-state index contributed by atoms with van der Waals surface area (Å²) in [7, 11) is 0. The van der Waals surface area contributed by atoms with Gasteiger partial charge in [-0.2, -0.15) is 0 Å². The van der Waals surface area contributed by atoms with Gasteiger partial charge in [-0.05, 0) is 47.2 Å². The minimum atomic E-state index is -0.571. The predicted octanol–water partition coefficient (Wildman–Crippen LogP) is 2.69. The Morgan fingerprint density at radius 2 is 2.00 bits per heavy atom. The maximum absolute atomic E-state index is 11.9. The SMILES string of the molecule is CCC(C)(C)C(=O)NC(=O)c1ccc(O)cc1I. The second kappa shape index (κ2) is 5.69. The van der Waals surface area contributed by atoms with Crippen LogP contribution in [0.5, 0.6) is 5.75 Å². The first-order chi connectivity index (χ1) is 8.27. The third-order valence-corrected chi connectivity index (χ3v) is 3.82. The highest BCUT2D eigenvalue weighted by atomic mass is 127. The number of benzene rings is 1. The van der Waals surface area contributed by atoms with Crippen molar-refractivity contribution in [2.45, 2.75) is 27.2 Å². The van der Waals surface area contributed by atoms with Gasteiger partial charge in [-0.3, -0.25) is 14.9 Å². The number of carbonyl (C=O) groups excluding carboxylic acids is 2. The second-order valence-corrected chi connectivity index (χ2v) is 5.85. The van der Waals surface area contributed by atoms with E-state index in [9.17, 15) is 14.7 Å². The van der Waals surface area contributed by atoms with Crippen LogP contribution < -0.4 is 5.32 Å². The molecule has 0 bridgehead atoms. The van der Waals surface area contributed by atoms with Gasteiger partial charge in [0.2, 0.25) is 5.91 Å². The minimum absolute atomic E-state index is 0.0937. The van der Waals surface area contributed by atoms with Crippen molar-refractivity contribution >= 4 is 34.4 Å². The van der Waals surface area contributed by atoms with E-state index in [4.69, 9.17) is 0 Å². The van der Waals surface area contributed by atoms with Gasteiger partial charge in [-0.1, -0.05) is 20.8 Å². The molecular weight excluding hydrogens is 345 g/mol. The molecule has 0 fully saturated rings. The smallest absolute Gasteiger partial charge is 0.258 e. The lowest BCUT2D eigenvalue weighted by Gasteiger charge is -2.20. The van der Waals surface area contributed by atoms with Gasteiger partial charge in [0.25, 0.3) is 5.91 Å². The van der Waals surface area contributed by atoms with Gasteiger partial charge < -0.3 is 5.11 Å². The highest BCUT2D eigenvalue weighted by Crippen LogP contribution is 2.21. The summed E-state index contributed by atoms with van der Waals surface area (Å²) in [6.45, 7) is 5.48. The molecule has 0 saturated heterocycles. The Morgan fingerprint density at radius 1 is 1.39 bits per heavy atom. The van der Waals surface area contributed by atoms with Crippen LogP contribution in [0.2, 0.25) is 0 Å². The molecule has 4 nitrogen and oxygen atoms in total. The van der Waals surface area contributed by atoms with E-state index in [-0.39, 0.29) is 11.7 Å². The molecule has 0 aromatic heterocycles. The van der Waals surface area contributed by atoms with Crippen molar-refractivity contribution < 1.29 is 14.7 Å². The molecule has 0 atom stereocenters. The molecule has 0 aliphatic carbocycles. The Bertz CT molecular complexity index is 483. The van der Waals surface area contributed by atoms with Gasteiger partial charge in [-0.25, -0.2) is 0 Å². The first-order valence-corrected chi connectivity index (χ1v) is 6.70. The zero-order chi connectivity index (χ0) is 13.9. The Hall–Kier alpha value is -1.11. The molecule has 0 radical (unpaired) electrons. The molecule has 0 saturated carbocycles. The highest BCUT2D eigenvalue weighted by molar-refractivity contribution is 14.1. The number of halogens is 1. The summed E-state index contributed by atoms with van der Waals surface area (Å²) in [6.07, 6.45) is 0.652. The molecule has 1 rings (SSSR count). The van der Waals surface area contributed by atoms with Crippen LogP contribution in [0.25, 0.3) is 0 Å². The van der Waals surface area contributed by atoms with Crippen molar-refractivity contribution in [3.8, 4) is 5.75 Å². The lowest BCUT2D eigenvalue weighted by atomic mass is 9.89. The predicted molar refractivity (Wildman–Crippen MR) is 77.4 cm³/mol. The van der Waals surface area contributed by atoms with Crippen LogP contribution in [0.3, 0.4) is 0 Å². The number of rotatable bonds is 3. The van der Waals surface area contributed by atoms with Gasteiger partial charge in [-0.15, -0.1) is 0 Å². The van der Waals surface area contributed by atoms with E-state index in [1.807, 2.05) is 29.5 Å². The number of phenolic OH excluding ortho intramolecular Hbond substituents is 1. The first kappa shape index (κ1) is 14.9. The first-order valence-electron chi connectivity index (χ1n) is 5.62. The molecule has 0 spiro atoms. The topological polar surface area (TPSA) is 66.4 Å². The van der Waals surface area contributed by atoms with Crippen LogP contribution in [-0.4, -0.2) is 16.9 Å². The van der Waals surface area contributed by atoms with Crippen LogP contribution in [-0.2, 0) is 4.79 Å². The van der Waals surface area contributed by atoms with E-state index in [0.717, 1.165) is 0 Å². The third kappa shape index (κ3) is 3.44. The number of imide groups is 1. The lowest BCUT2D eigenvalue weighted by Crippen LogP contribution is -2.40. The number of carbonyl (C=O) groups is 2. The zero-order valence-electron chi connectivity index (χ0n) is 10.6. The number of aromatic hydroxyl groups is 1. The van der Waals surface area contributed by atoms with Crippen LogP contribution in [0, 0.1) is 8.99 Å². The quantitative estimate of drug-likeness (QED) is 0.814. The van der Waals surface area contributed by atoms with E-state index < -0.39 is 11.3 Å². The summed E-state index contributed by atoms with van der Waals surface area (Å²) in [5.74, 6) is -0.638. The van der Waals surface area contributed by atoms with E-state index >= 15 is 0 Å². The molecule has 0 aliphatic rings. The summed E-state index contributed by atoms with van der Waals surface area (Å²) in [4.78, 5) is 23.8. The molecule has 1 aromatic carbocycles. The molecule has 0 heterocycles. The summed E-state index contributed by atoms with van der Waals surface area (Å²) < 4.78 is 0.604. The number of hydrogen-bond donors (Lipinski definition) is 2. The fourth-order valence-electron chi connectivity index (χ4n) is 1.19. The second-order valence-electron chi connectivity index (χ2n) is 4.68. The fourth-order valence-corrected chi connectivity index (χ4v) is 1.93. The average Bonchev–Trinajstić information content (AvgIpc) is 2.28. The van der Waals surface area contributed by atoms with Crippen molar-refractivity contribution in [1.82, 2.24) is 5.32 Å². The molecule has 5 heteroatoms. The third-order valence-electron chi connectivity index (χ3n) is 2.92. The Balaban J connectivity index is 2.87. The van der Waals surface area contributed by atoms with Crippen LogP contribution in [0.4, 0.5) is 0 Å². The van der Waals surface area contributed by atoms with Gasteiger partial charge in [0.15, 0.2) is 0 Å². The van der Waals surface area contributed by atoms with Gasteiger partial charge in [0.1, 0.15) is 5.75 Å². The van der Waals surface area contributed by atoms with Gasteiger partial charge in [0.05, 0.1) is 5.56 Å². The molecule has 2 N–H and O–H groups in total. The average molecular weight is 361 g/mol. The monoisotopic (exact) mass is 361 g/mol. The van der Waals surface area contributed by atoms with Crippen molar-refractivity contribution in [1.29, 1.82) is 0 Å². The molecule has 1 aromatic rings. The molecule has 0 unspecified atom stereocenters. The van der Waals surface area contributed by atoms with Crippen molar-refractivity contribution in [3.63, 3.8) is 0 Å².